The van der Waals surface area contributed by atoms with E-state index >= 15 is 0 Å². The molecule has 96 valence electrons. The topological polar surface area (TPSA) is 21.1 Å². The van der Waals surface area contributed by atoms with E-state index in [4.69, 9.17) is 23.2 Å². The first-order valence-electron chi connectivity index (χ1n) is 6.27. The lowest BCUT2D eigenvalue weighted by Gasteiger charge is -2.31. The highest BCUT2D eigenvalue weighted by atomic mass is 35.5. The van der Waals surface area contributed by atoms with E-state index in [-0.39, 0.29) is 0 Å². The number of imidazole rings is 1. The highest BCUT2D eigenvalue weighted by Crippen LogP contribution is 2.23. The Morgan fingerprint density at radius 3 is 2.67 bits per heavy atom. The van der Waals surface area contributed by atoms with Crippen LogP contribution in [0.3, 0.4) is 0 Å². The van der Waals surface area contributed by atoms with Gasteiger partial charge in [0.25, 0.3) is 0 Å². The van der Waals surface area contributed by atoms with E-state index in [1.54, 1.807) is 0 Å². The summed E-state index contributed by atoms with van der Waals surface area (Å²) >= 11 is 12.0. The standard InChI is InChI=1S/C13H15Cl2N3/c14-9-13-16-11-8-10(15)4-5-12(11)18(13)17-6-2-1-3-7-17/h4-5,8H,1-3,6-7,9H2. The van der Waals surface area contributed by atoms with Gasteiger partial charge in [0.1, 0.15) is 5.82 Å². The summed E-state index contributed by atoms with van der Waals surface area (Å²) in [5.74, 6) is 1.32. The smallest absolute Gasteiger partial charge is 0.143 e. The van der Waals surface area contributed by atoms with Gasteiger partial charge in [0.15, 0.2) is 0 Å². The first-order valence-corrected chi connectivity index (χ1v) is 7.19. The van der Waals surface area contributed by atoms with Crippen LogP contribution >= 0.6 is 23.2 Å². The van der Waals surface area contributed by atoms with Crippen molar-refractivity contribution in [1.29, 1.82) is 0 Å². The Bertz CT molecular complexity index is 559. The molecule has 1 fully saturated rings. The molecule has 0 aliphatic carbocycles. The van der Waals surface area contributed by atoms with Crippen molar-refractivity contribution in [2.24, 2.45) is 0 Å². The number of piperidine rings is 1. The van der Waals surface area contributed by atoms with E-state index < -0.39 is 0 Å². The third kappa shape index (κ3) is 2.06. The number of benzene rings is 1. The van der Waals surface area contributed by atoms with Gasteiger partial charge in [-0.1, -0.05) is 11.6 Å². The monoisotopic (exact) mass is 283 g/mol. The molecule has 1 saturated heterocycles. The van der Waals surface area contributed by atoms with Gasteiger partial charge in [0.2, 0.25) is 0 Å². The molecule has 0 spiro atoms. The van der Waals surface area contributed by atoms with Crippen LogP contribution in [0, 0.1) is 0 Å². The molecule has 0 atom stereocenters. The van der Waals surface area contributed by atoms with E-state index in [0.29, 0.717) is 10.9 Å². The molecule has 1 aromatic heterocycles. The van der Waals surface area contributed by atoms with E-state index in [9.17, 15) is 0 Å². The highest BCUT2D eigenvalue weighted by Gasteiger charge is 2.17. The number of rotatable bonds is 2. The molecule has 2 heterocycles. The second kappa shape index (κ2) is 4.98. The zero-order valence-corrected chi connectivity index (χ0v) is 11.6. The largest absolute Gasteiger partial charge is 0.311 e. The van der Waals surface area contributed by atoms with Gasteiger partial charge in [0, 0.05) is 18.1 Å². The van der Waals surface area contributed by atoms with Crippen LogP contribution in [0.15, 0.2) is 18.2 Å². The predicted octanol–water partition coefficient (Wildman–Crippen LogP) is 3.55. The molecule has 18 heavy (non-hydrogen) atoms. The summed E-state index contributed by atoms with van der Waals surface area (Å²) in [4.78, 5) is 4.57. The molecule has 0 bridgehead atoms. The van der Waals surface area contributed by atoms with Crippen molar-refractivity contribution in [3.8, 4) is 0 Å². The Morgan fingerprint density at radius 2 is 1.94 bits per heavy atom. The molecule has 0 N–H and O–H groups in total. The van der Waals surface area contributed by atoms with Crippen LogP contribution in [0.2, 0.25) is 5.02 Å². The third-order valence-electron chi connectivity index (χ3n) is 3.39. The number of nitrogens with zero attached hydrogens (tertiary/aromatic N) is 3. The van der Waals surface area contributed by atoms with Crippen molar-refractivity contribution in [1.82, 2.24) is 9.66 Å². The van der Waals surface area contributed by atoms with Crippen LogP contribution in [0.5, 0.6) is 0 Å². The molecule has 1 aromatic carbocycles. The molecule has 0 saturated carbocycles. The molecule has 1 aliphatic heterocycles. The van der Waals surface area contributed by atoms with Crippen LogP contribution < -0.4 is 5.01 Å². The van der Waals surface area contributed by atoms with E-state index in [1.165, 1.54) is 19.3 Å². The summed E-state index contributed by atoms with van der Waals surface area (Å²) in [5, 5.41) is 3.05. The Hall–Kier alpha value is -0.930. The SMILES string of the molecule is ClCc1nc2cc(Cl)ccc2n1N1CCCCC1. The Balaban J connectivity index is 2.12. The summed E-state index contributed by atoms with van der Waals surface area (Å²) in [6, 6.07) is 5.83. The van der Waals surface area contributed by atoms with Crippen molar-refractivity contribution >= 4 is 34.2 Å². The van der Waals surface area contributed by atoms with Crippen molar-refractivity contribution in [2.75, 3.05) is 18.1 Å². The molecule has 0 amide bonds. The number of hydrogen-bond donors (Lipinski definition) is 0. The average Bonchev–Trinajstić information content (AvgIpc) is 2.77. The highest BCUT2D eigenvalue weighted by molar-refractivity contribution is 6.31. The minimum atomic E-state index is 0.419. The van der Waals surface area contributed by atoms with Crippen LogP contribution in [0.1, 0.15) is 25.1 Å². The predicted molar refractivity (Wildman–Crippen MR) is 76.1 cm³/mol. The second-order valence-corrected chi connectivity index (χ2v) is 5.32. The lowest BCUT2D eigenvalue weighted by Crippen LogP contribution is -2.39. The molecule has 1 aliphatic rings. The Labute approximate surface area is 116 Å². The molecular formula is C13H15Cl2N3. The first kappa shape index (κ1) is 12.1. The van der Waals surface area contributed by atoms with Gasteiger partial charge in [0.05, 0.1) is 16.9 Å². The summed E-state index contributed by atoms with van der Waals surface area (Å²) in [5.41, 5.74) is 2.01. The number of aromatic nitrogens is 2. The number of hydrogen-bond acceptors (Lipinski definition) is 2. The van der Waals surface area contributed by atoms with E-state index in [1.807, 2.05) is 18.2 Å². The molecular weight excluding hydrogens is 269 g/mol. The third-order valence-corrected chi connectivity index (χ3v) is 3.87. The van der Waals surface area contributed by atoms with Crippen LogP contribution in [0.25, 0.3) is 11.0 Å². The van der Waals surface area contributed by atoms with Crippen LogP contribution in [-0.4, -0.2) is 22.7 Å². The maximum Gasteiger partial charge on any atom is 0.143 e. The fourth-order valence-electron chi connectivity index (χ4n) is 2.57. The van der Waals surface area contributed by atoms with Crippen molar-refractivity contribution in [3.63, 3.8) is 0 Å². The summed E-state index contributed by atoms with van der Waals surface area (Å²) < 4.78 is 2.16. The molecule has 0 unspecified atom stereocenters. The molecule has 2 aromatic rings. The number of fused-ring (bicyclic) bond motifs is 1. The maximum atomic E-state index is 6.02. The second-order valence-electron chi connectivity index (χ2n) is 4.62. The average molecular weight is 284 g/mol. The summed E-state index contributed by atoms with van der Waals surface area (Å²) in [6.07, 6.45) is 3.77. The molecule has 0 radical (unpaired) electrons. The van der Waals surface area contributed by atoms with Crippen LogP contribution in [0.4, 0.5) is 0 Å². The Kier molecular flexibility index (Phi) is 3.35. The minimum Gasteiger partial charge on any atom is -0.311 e. The molecule has 5 heteroatoms. The summed E-state index contributed by atoms with van der Waals surface area (Å²) in [6.45, 7) is 2.13. The fourth-order valence-corrected chi connectivity index (χ4v) is 2.91. The van der Waals surface area contributed by atoms with Crippen LogP contribution in [-0.2, 0) is 5.88 Å². The fraction of sp³-hybridized carbons (Fsp3) is 0.462. The lowest BCUT2D eigenvalue weighted by atomic mass is 10.2. The first-order chi connectivity index (χ1) is 8.79. The van der Waals surface area contributed by atoms with Crippen molar-refractivity contribution in [3.05, 3.63) is 29.0 Å². The summed E-state index contributed by atoms with van der Waals surface area (Å²) in [7, 11) is 0. The van der Waals surface area contributed by atoms with E-state index in [0.717, 1.165) is 29.9 Å². The molecule has 3 rings (SSSR count). The van der Waals surface area contributed by atoms with Gasteiger partial charge in [-0.15, -0.1) is 11.6 Å². The maximum absolute atomic E-state index is 6.02. The van der Waals surface area contributed by atoms with Gasteiger partial charge in [-0.05, 0) is 37.5 Å². The zero-order chi connectivity index (χ0) is 12.5. The van der Waals surface area contributed by atoms with Gasteiger partial charge < -0.3 is 5.01 Å². The van der Waals surface area contributed by atoms with Gasteiger partial charge in [-0.3, -0.25) is 0 Å². The van der Waals surface area contributed by atoms with Gasteiger partial charge >= 0.3 is 0 Å². The number of halogens is 2. The quantitative estimate of drug-likeness (QED) is 0.786. The molecule has 3 nitrogen and oxygen atoms in total. The van der Waals surface area contributed by atoms with E-state index in [2.05, 4.69) is 14.7 Å². The zero-order valence-electron chi connectivity index (χ0n) is 10.1. The van der Waals surface area contributed by atoms with Crippen molar-refractivity contribution in [2.45, 2.75) is 25.1 Å². The number of alkyl halides is 1. The lowest BCUT2D eigenvalue weighted by molar-refractivity contribution is 0.478. The van der Waals surface area contributed by atoms with Gasteiger partial charge in [-0.2, -0.15) is 0 Å². The van der Waals surface area contributed by atoms with Crippen molar-refractivity contribution < 1.29 is 0 Å². The normalized spacial score (nSPS) is 16.4. The Morgan fingerprint density at radius 1 is 1.17 bits per heavy atom. The minimum absolute atomic E-state index is 0.419. The van der Waals surface area contributed by atoms with Gasteiger partial charge in [-0.25, -0.2) is 9.66 Å².